The van der Waals surface area contributed by atoms with Crippen molar-refractivity contribution in [2.75, 3.05) is 11.9 Å². The first-order chi connectivity index (χ1) is 9.69. The third-order valence-electron chi connectivity index (χ3n) is 2.63. The Morgan fingerprint density at radius 2 is 2.30 bits per heavy atom. The van der Waals surface area contributed by atoms with Gasteiger partial charge in [-0.25, -0.2) is 4.98 Å². The van der Waals surface area contributed by atoms with E-state index in [4.69, 9.17) is 0 Å². The van der Waals surface area contributed by atoms with Gasteiger partial charge in [-0.15, -0.1) is 11.3 Å². The van der Waals surface area contributed by atoms with E-state index in [2.05, 4.69) is 37.6 Å². The van der Waals surface area contributed by atoms with Crippen molar-refractivity contribution < 1.29 is 4.79 Å². The van der Waals surface area contributed by atoms with Crippen molar-refractivity contribution in [2.24, 2.45) is 0 Å². The predicted octanol–water partition coefficient (Wildman–Crippen LogP) is 3.66. The molecule has 2 N–H and O–H groups in total. The molecule has 0 aromatic carbocycles. The maximum absolute atomic E-state index is 11.7. The van der Waals surface area contributed by atoms with Crippen LogP contribution in [0.3, 0.4) is 0 Å². The van der Waals surface area contributed by atoms with Crippen molar-refractivity contribution in [2.45, 2.75) is 19.9 Å². The number of rotatable bonds is 6. The lowest BCUT2D eigenvalue weighted by atomic mass is 10.2. The van der Waals surface area contributed by atoms with Crippen LogP contribution in [0.2, 0.25) is 0 Å². The minimum atomic E-state index is -0.0758. The van der Waals surface area contributed by atoms with Gasteiger partial charge in [-0.3, -0.25) is 4.79 Å². The molecule has 0 aliphatic rings. The maximum Gasteiger partial charge on any atom is 0.252 e. The first-order valence-corrected chi connectivity index (χ1v) is 8.07. The zero-order chi connectivity index (χ0) is 14.4. The van der Waals surface area contributed by atoms with Crippen molar-refractivity contribution in [1.82, 2.24) is 10.3 Å². The van der Waals surface area contributed by atoms with Gasteiger partial charge in [-0.1, -0.05) is 6.92 Å². The summed E-state index contributed by atoms with van der Waals surface area (Å²) in [6.07, 6.45) is 2.52. The molecule has 0 atom stereocenters. The number of nitrogens with one attached hydrogen (secondary N) is 2. The van der Waals surface area contributed by atoms with Gasteiger partial charge in [-0.05, 0) is 40.5 Å². The van der Waals surface area contributed by atoms with E-state index in [-0.39, 0.29) is 5.91 Å². The number of amides is 1. The fraction of sp³-hybridized carbons (Fsp3) is 0.286. The summed E-state index contributed by atoms with van der Waals surface area (Å²) in [5, 5.41) is 8.10. The van der Waals surface area contributed by atoms with Crippen LogP contribution < -0.4 is 10.6 Å². The van der Waals surface area contributed by atoms with Crippen LogP contribution in [0.4, 0.5) is 5.82 Å². The minimum Gasteiger partial charge on any atom is -0.365 e. The van der Waals surface area contributed by atoms with Crippen molar-refractivity contribution >= 4 is 39.0 Å². The molecule has 0 saturated heterocycles. The number of pyridine rings is 1. The number of carbonyl (C=O) groups excluding carboxylic acids is 1. The van der Waals surface area contributed by atoms with Crippen molar-refractivity contribution in [1.29, 1.82) is 0 Å². The summed E-state index contributed by atoms with van der Waals surface area (Å²) in [5.41, 5.74) is 0.586. The fourth-order valence-electron chi connectivity index (χ4n) is 1.60. The van der Waals surface area contributed by atoms with Crippen LogP contribution in [-0.2, 0) is 6.54 Å². The minimum absolute atomic E-state index is 0.0758. The predicted molar refractivity (Wildman–Crippen MR) is 86.2 cm³/mol. The van der Waals surface area contributed by atoms with E-state index >= 15 is 0 Å². The van der Waals surface area contributed by atoms with E-state index in [0.29, 0.717) is 12.1 Å². The molecule has 1 amide bonds. The van der Waals surface area contributed by atoms with Crippen molar-refractivity contribution in [3.8, 4) is 0 Å². The summed E-state index contributed by atoms with van der Waals surface area (Å²) >= 11 is 5.11. The SMILES string of the molecule is CCCNC(=O)c1ccc(NCc2cc(Br)cs2)nc1. The number of aromatic nitrogens is 1. The van der Waals surface area contributed by atoms with Crippen LogP contribution in [0, 0.1) is 0 Å². The molecule has 0 spiro atoms. The van der Waals surface area contributed by atoms with Gasteiger partial charge in [-0.2, -0.15) is 0 Å². The summed E-state index contributed by atoms with van der Waals surface area (Å²) < 4.78 is 1.09. The number of thiophene rings is 1. The van der Waals surface area contributed by atoms with Gasteiger partial charge in [0.25, 0.3) is 5.91 Å². The molecule has 0 unspecified atom stereocenters. The first-order valence-electron chi connectivity index (χ1n) is 6.40. The molecular formula is C14H16BrN3OS. The van der Waals surface area contributed by atoms with E-state index in [1.165, 1.54) is 4.88 Å². The molecular weight excluding hydrogens is 338 g/mol. The quantitative estimate of drug-likeness (QED) is 0.833. The van der Waals surface area contributed by atoms with Crippen LogP contribution in [0.1, 0.15) is 28.6 Å². The zero-order valence-electron chi connectivity index (χ0n) is 11.1. The van der Waals surface area contributed by atoms with Gasteiger partial charge in [0, 0.05) is 27.5 Å². The second-order valence-electron chi connectivity index (χ2n) is 4.27. The molecule has 2 rings (SSSR count). The topological polar surface area (TPSA) is 54.0 Å². The molecule has 0 saturated carbocycles. The largest absolute Gasteiger partial charge is 0.365 e. The Morgan fingerprint density at radius 1 is 1.45 bits per heavy atom. The average Bonchev–Trinajstić information content (AvgIpc) is 2.89. The summed E-state index contributed by atoms with van der Waals surface area (Å²) in [6.45, 7) is 3.44. The second kappa shape index (κ2) is 7.40. The van der Waals surface area contributed by atoms with Crippen molar-refractivity contribution in [3.05, 3.63) is 44.7 Å². The smallest absolute Gasteiger partial charge is 0.252 e. The van der Waals surface area contributed by atoms with Crippen LogP contribution in [0.15, 0.2) is 34.2 Å². The van der Waals surface area contributed by atoms with Gasteiger partial charge in [0.05, 0.1) is 12.1 Å². The maximum atomic E-state index is 11.7. The Hall–Kier alpha value is -1.40. The lowest BCUT2D eigenvalue weighted by Crippen LogP contribution is -2.24. The van der Waals surface area contributed by atoms with Crippen molar-refractivity contribution in [3.63, 3.8) is 0 Å². The van der Waals surface area contributed by atoms with E-state index in [1.54, 1.807) is 23.6 Å². The Kier molecular flexibility index (Phi) is 5.55. The van der Waals surface area contributed by atoms with Crippen LogP contribution in [0.5, 0.6) is 0 Å². The van der Waals surface area contributed by atoms with Crippen LogP contribution in [0.25, 0.3) is 0 Å². The molecule has 0 aliphatic heterocycles. The molecule has 0 radical (unpaired) electrons. The number of anilines is 1. The highest BCUT2D eigenvalue weighted by atomic mass is 79.9. The van der Waals surface area contributed by atoms with Gasteiger partial charge < -0.3 is 10.6 Å². The number of carbonyl (C=O) groups is 1. The molecule has 4 nitrogen and oxygen atoms in total. The monoisotopic (exact) mass is 353 g/mol. The summed E-state index contributed by atoms with van der Waals surface area (Å²) in [7, 11) is 0. The van der Waals surface area contributed by atoms with Gasteiger partial charge in [0.1, 0.15) is 5.82 Å². The Bertz CT molecular complexity index is 568. The normalized spacial score (nSPS) is 10.3. The lowest BCUT2D eigenvalue weighted by molar-refractivity contribution is 0.0953. The Balaban J connectivity index is 1.89. The summed E-state index contributed by atoms with van der Waals surface area (Å²) in [6, 6.07) is 5.68. The van der Waals surface area contributed by atoms with E-state index < -0.39 is 0 Å². The molecule has 0 aliphatic carbocycles. The van der Waals surface area contributed by atoms with Crippen LogP contribution >= 0.6 is 27.3 Å². The molecule has 2 aromatic heterocycles. The number of hydrogen-bond donors (Lipinski definition) is 2. The van der Waals surface area contributed by atoms with Gasteiger partial charge in [0.15, 0.2) is 0 Å². The van der Waals surface area contributed by atoms with E-state index in [0.717, 1.165) is 23.3 Å². The standard InChI is InChI=1S/C14H16BrN3OS/c1-2-5-16-14(19)10-3-4-13(17-7-10)18-8-12-6-11(15)9-20-12/h3-4,6-7,9H,2,5,8H2,1H3,(H,16,19)(H,17,18). The Morgan fingerprint density at radius 3 is 2.90 bits per heavy atom. The zero-order valence-corrected chi connectivity index (χ0v) is 13.6. The summed E-state index contributed by atoms with van der Waals surface area (Å²) in [5.74, 6) is 0.689. The molecule has 2 heterocycles. The molecule has 106 valence electrons. The molecule has 6 heteroatoms. The summed E-state index contributed by atoms with van der Waals surface area (Å²) in [4.78, 5) is 17.2. The van der Waals surface area contributed by atoms with Crippen LogP contribution in [-0.4, -0.2) is 17.4 Å². The highest BCUT2D eigenvalue weighted by Gasteiger charge is 2.05. The highest BCUT2D eigenvalue weighted by molar-refractivity contribution is 9.10. The molecule has 2 aromatic rings. The number of hydrogen-bond acceptors (Lipinski definition) is 4. The lowest BCUT2D eigenvalue weighted by Gasteiger charge is -2.06. The number of halogens is 1. The molecule has 20 heavy (non-hydrogen) atoms. The van der Waals surface area contributed by atoms with E-state index in [1.807, 2.05) is 18.4 Å². The number of nitrogens with zero attached hydrogens (tertiary/aromatic N) is 1. The first kappa shape index (κ1) is 15.0. The van der Waals surface area contributed by atoms with Gasteiger partial charge in [0.2, 0.25) is 0 Å². The second-order valence-corrected chi connectivity index (χ2v) is 6.18. The fourth-order valence-corrected chi connectivity index (χ4v) is 2.99. The molecule has 0 bridgehead atoms. The van der Waals surface area contributed by atoms with Gasteiger partial charge >= 0.3 is 0 Å². The average molecular weight is 354 g/mol. The highest BCUT2D eigenvalue weighted by Crippen LogP contribution is 2.20. The third kappa shape index (κ3) is 4.31. The third-order valence-corrected chi connectivity index (χ3v) is 4.32. The Labute approximate surface area is 130 Å². The molecule has 0 fully saturated rings. The van der Waals surface area contributed by atoms with E-state index in [9.17, 15) is 4.79 Å².